The Morgan fingerprint density at radius 3 is 1.94 bits per heavy atom. The zero-order valence-corrected chi connectivity index (χ0v) is 42.3. The van der Waals surface area contributed by atoms with Crippen molar-refractivity contribution in [3.05, 3.63) is 0 Å². The lowest BCUT2D eigenvalue weighted by molar-refractivity contribution is -0.227. The number of ether oxygens (including phenoxy) is 3. The second-order valence-electron chi connectivity index (χ2n) is 20.4. The number of hydrogen-bond donors (Lipinski definition) is 6. The molecule has 0 amide bonds. The molecule has 0 bridgehead atoms. The molecule has 378 valence electrons. The highest BCUT2D eigenvalue weighted by Gasteiger charge is 2.66. The van der Waals surface area contributed by atoms with Crippen LogP contribution in [-0.4, -0.2) is 139 Å². The first-order valence-corrected chi connectivity index (χ1v) is 29.5. The number of unbranched alkanes of at least 4 members (excludes halogenated alkanes) is 5. The molecule has 0 aromatic carbocycles. The third-order valence-corrected chi connectivity index (χ3v) is 17.7. The van der Waals surface area contributed by atoms with Crippen LogP contribution in [0.1, 0.15) is 143 Å². The first-order chi connectivity index (χ1) is 30.2. The SMILES string of the molecule is CCCCCCCCN(CCC[C@@H](C)[C@H]1CC[C@H]2C3C(OCCCNCS(=O)(=O)O)C[C@@H]4C[C@H](OCCCNCS(=O)(=O)O)CC[C@]4(C)C3C[C@H](OCCCNC)[C@]12C)CS(=O)(=O)O. The predicted molar refractivity (Wildman–Crippen MR) is 252 cm³/mol. The monoisotopic (exact) mass is 973 g/mol. The van der Waals surface area contributed by atoms with Crippen LogP contribution >= 0.6 is 0 Å². The molecule has 4 rings (SSSR count). The molecule has 4 fully saturated rings. The molecule has 0 radical (unpaired) electrons. The van der Waals surface area contributed by atoms with Gasteiger partial charge in [-0.15, -0.1) is 0 Å². The number of rotatable bonds is 33. The molecule has 6 N–H and O–H groups in total. The lowest BCUT2D eigenvalue weighted by Gasteiger charge is -2.65. The topological polar surface area (TPSA) is 230 Å². The predicted octanol–water partition coefficient (Wildman–Crippen LogP) is 6.20. The zero-order chi connectivity index (χ0) is 47.0. The Balaban J connectivity index is 1.52. The van der Waals surface area contributed by atoms with Gasteiger partial charge >= 0.3 is 0 Å². The molecule has 4 aliphatic rings. The number of nitrogens with zero attached hydrogens (tertiary/aromatic N) is 1. The van der Waals surface area contributed by atoms with E-state index < -0.39 is 42.1 Å². The molecule has 4 saturated carbocycles. The first-order valence-electron chi connectivity index (χ1n) is 24.7. The van der Waals surface area contributed by atoms with Crippen LogP contribution in [0, 0.1) is 46.3 Å². The van der Waals surface area contributed by atoms with Gasteiger partial charge in [-0.05, 0) is 164 Å². The van der Waals surface area contributed by atoms with Gasteiger partial charge in [0.15, 0.2) is 0 Å². The van der Waals surface area contributed by atoms with Gasteiger partial charge < -0.3 is 30.2 Å². The van der Waals surface area contributed by atoms with Crippen LogP contribution in [0.25, 0.3) is 0 Å². The van der Waals surface area contributed by atoms with Gasteiger partial charge in [-0.2, -0.15) is 25.3 Å². The number of hydrogen-bond acceptors (Lipinski definition) is 13. The molecule has 0 spiro atoms. The Kier molecular flexibility index (Phi) is 23.1. The van der Waals surface area contributed by atoms with Crippen molar-refractivity contribution in [2.75, 3.05) is 77.2 Å². The summed E-state index contributed by atoms with van der Waals surface area (Å²) in [6.07, 6.45) is 17.8. The molecular weight excluding hydrogens is 885 g/mol. The molecule has 0 aromatic heterocycles. The number of fused-ring (bicyclic) bond motifs is 5. The molecule has 16 nitrogen and oxygen atoms in total. The van der Waals surface area contributed by atoms with Gasteiger partial charge in [-0.25, -0.2) is 0 Å². The maximum Gasteiger partial charge on any atom is 0.278 e. The van der Waals surface area contributed by atoms with Crippen molar-refractivity contribution < 1.29 is 53.1 Å². The summed E-state index contributed by atoms with van der Waals surface area (Å²) in [6, 6.07) is 0. The molecule has 4 aliphatic carbocycles. The van der Waals surface area contributed by atoms with E-state index in [1.165, 1.54) is 19.3 Å². The third kappa shape index (κ3) is 17.4. The standard InChI is InChI=1S/C45H88N4O12S3/c1-6-7-8-9-10-11-24-49(34-64(56,57)58)25-12-16-35(2)38-17-18-39-43-40(31-42(45(38,39)4)61-28-13-21-46-5)44(3)20-19-37(59-26-14-22-47-32-62(50,51)52)29-36(44)30-41(43)60-27-15-23-48-33-63(53,54)55/h35-43,46-48H,6-34H2,1-5H3,(H,50,51,52)(H,53,54,55)(H,56,57,58)/t35-,36+,37-,38-,39+,40?,41?,42+,43?,44+,45-/m1/s1. The van der Waals surface area contributed by atoms with Crippen LogP contribution in [0.2, 0.25) is 0 Å². The molecule has 19 heteroatoms. The molecule has 3 unspecified atom stereocenters. The van der Waals surface area contributed by atoms with Crippen LogP contribution in [0.15, 0.2) is 0 Å². The third-order valence-electron chi connectivity index (χ3n) is 15.9. The lowest BCUT2D eigenvalue weighted by Crippen LogP contribution is -2.63. The minimum atomic E-state index is -4.13. The van der Waals surface area contributed by atoms with Gasteiger partial charge in [0, 0.05) is 25.2 Å². The van der Waals surface area contributed by atoms with Crippen LogP contribution < -0.4 is 16.0 Å². The lowest BCUT2D eigenvalue weighted by atomic mass is 9.43. The second kappa shape index (κ2) is 26.4. The Morgan fingerprint density at radius 1 is 0.688 bits per heavy atom. The minimum Gasteiger partial charge on any atom is -0.378 e. The van der Waals surface area contributed by atoms with Crippen molar-refractivity contribution >= 4 is 30.4 Å². The molecule has 0 aromatic rings. The summed E-state index contributed by atoms with van der Waals surface area (Å²) < 4.78 is 117. The van der Waals surface area contributed by atoms with Crippen molar-refractivity contribution in [2.45, 2.75) is 162 Å². The Labute approximate surface area is 387 Å². The van der Waals surface area contributed by atoms with E-state index >= 15 is 0 Å². The van der Waals surface area contributed by atoms with E-state index in [1.807, 2.05) is 11.9 Å². The summed E-state index contributed by atoms with van der Waals surface area (Å²) in [5.41, 5.74) is -0.0407. The second-order valence-corrected chi connectivity index (χ2v) is 24.7. The number of nitrogens with one attached hydrogen (secondary N) is 3. The maximum absolute atomic E-state index is 12.0. The van der Waals surface area contributed by atoms with Crippen molar-refractivity contribution in [1.29, 1.82) is 0 Å². The van der Waals surface area contributed by atoms with E-state index in [-0.39, 0.29) is 35.0 Å². The zero-order valence-electron chi connectivity index (χ0n) is 39.9. The molecular formula is C45H88N4O12S3. The normalized spacial score (nSPS) is 31.5. The largest absolute Gasteiger partial charge is 0.378 e. The molecule has 11 atom stereocenters. The van der Waals surface area contributed by atoms with Crippen LogP contribution in [0.3, 0.4) is 0 Å². The minimum absolute atomic E-state index is 0.00705. The highest BCUT2D eigenvalue weighted by atomic mass is 32.2. The van der Waals surface area contributed by atoms with E-state index in [0.717, 1.165) is 90.0 Å². The summed E-state index contributed by atoms with van der Waals surface area (Å²) in [5, 5.41) is 8.85. The van der Waals surface area contributed by atoms with Gasteiger partial charge in [-0.3, -0.25) is 18.6 Å². The molecule has 0 heterocycles. The summed E-state index contributed by atoms with van der Waals surface area (Å²) in [7, 11) is -10.3. The maximum atomic E-state index is 12.0. The summed E-state index contributed by atoms with van der Waals surface area (Å²) in [4.78, 5) is 1.92. The summed E-state index contributed by atoms with van der Waals surface area (Å²) >= 11 is 0. The Bertz CT molecular complexity index is 1690. The smallest absolute Gasteiger partial charge is 0.278 e. The van der Waals surface area contributed by atoms with Crippen LogP contribution in [0.5, 0.6) is 0 Å². The highest BCUT2D eigenvalue weighted by molar-refractivity contribution is 7.86. The van der Waals surface area contributed by atoms with Crippen LogP contribution in [0.4, 0.5) is 0 Å². The molecule has 0 saturated heterocycles. The molecule has 0 aliphatic heterocycles. The molecule has 64 heavy (non-hydrogen) atoms. The van der Waals surface area contributed by atoms with Crippen LogP contribution in [-0.2, 0) is 44.6 Å². The fourth-order valence-electron chi connectivity index (χ4n) is 12.8. The summed E-state index contributed by atoms with van der Waals surface area (Å²) in [6.45, 7) is 14.2. The quantitative estimate of drug-likeness (QED) is 0.0318. The van der Waals surface area contributed by atoms with Gasteiger partial charge in [0.2, 0.25) is 0 Å². The van der Waals surface area contributed by atoms with Crippen molar-refractivity contribution in [3.8, 4) is 0 Å². The summed E-state index contributed by atoms with van der Waals surface area (Å²) in [5.74, 6) is 0.925. The Morgan fingerprint density at radius 2 is 1.30 bits per heavy atom. The highest BCUT2D eigenvalue weighted by Crippen LogP contribution is 2.69. The fourth-order valence-corrected chi connectivity index (χ4v) is 14.3. The van der Waals surface area contributed by atoms with Gasteiger partial charge in [-0.1, -0.05) is 59.8 Å². The van der Waals surface area contributed by atoms with E-state index in [2.05, 4.69) is 43.6 Å². The first kappa shape index (κ1) is 56.0. The van der Waals surface area contributed by atoms with E-state index in [0.29, 0.717) is 94.3 Å². The van der Waals surface area contributed by atoms with E-state index in [4.69, 9.17) is 18.8 Å². The van der Waals surface area contributed by atoms with Gasteiger partial charge in [0.1, 0.15) is 17.6 Å². The van der Waals surface area contributed by atoms with E-state index in [1.54, 1.807) is 0 Å². The fraction of sp³-hybridized carbons (Fsp3) is 1.00. The van der Waals surface area contributed by atoms with Gasteiger partial charge in [0.25, 0.3) is 30.4 Å². The van der Waals surface area contributed by atoms with Gasteiger partial charge in [0.05, 0.1) is 18.3 Å². The Hall–Kier alpha value is -0.550. The average Bonchev–Trinajstić information content (AvgIpc) is 3.57. The van der Waals surface area contributed by atoms with Crippen molar-refractivity contribution in [1.82, 2.24) is 20.9 Å². The van der Waals surface area contributed by atoms with Crippen molar-refractivity contribution in [3.63, 3.8) is 0 Å². The average molecular weight is 973 g/mol. The van der Waals surface area contributed by atoms with E-state index in [9.17, 15) is 34.4 Å². The van der Waals surface area contributed by atoms with Crippen molar-refractivity contribution in [2.24, 2.45) is 46.3 Å².